The van der Waals surface area contributed by atoms with Gasteiger partial charge in [-0.1, -0.05) is 35.4 Å². The van der Waals surface area contributed by atoms with Gasteiger partial charge in [0.1, 0.15) is 5.15 Å². The van der Waals surface area contributed by atoms with Crippen molar-refractivity contribution in [1.29, 1.82) is 0 Å². The van der Waals surface area contributed by atoms with Crippen LogP contribution in [0.1, 0.15) is 11.1 Å². The average Bonchev–Trinajstić information content (AvgIpc) is 2.38. The van der Waals surface area contributed by atoms with E-state index < -0.39 is 0 Å². The molecule has 0 unspecified atom stereocenters. The number of halogens is 1. The van der Waals surface area contributed by atoms with Crippen molar-refractivity contribution in [3.63, 3.8) is 0 Å². The first-order valence-electron chi connectivity index (χ1n) is 6.14. The highest BCUT2D eigenvalue weighted by atomic mass is 35.5. The molecule has 0 fully saturated rings. The Kier molecular flexibility index (Phi) is 2.96. The molecule has 0 atom stereocenters. The van der Waals surface area contributed by atoms with Gasteiger partial charge in [-0.15, -0.1) is 0 Å². The molecule has 0 aliphatic carbocycles. The lowest BCUT2D eigenvalue weighted by Crippen LogP contribution is -1.90. The first-order chi connectivity index (χ1) is 9.15. The first-order valence-corrected chi connectivity index (χ1v) is 6.52. The van der Waals surface area contributed by atoms with Gasteiger partial charge in [-0.05, 0) is 43.2 Å². The van der Waals surface area contributed by atoms with Gasteiger partial charge < -0.3 is 0 Å². The van der Waals surface area contributed by atoms with E-state index in [4.69, 9.17) is 11.6 Å². The Labute approximate surface area is 117 Å². The highest BCUT2D eigenvalue weighted by Gasteiger charge is 2.10. The second kappa shape index (κ2) is 4.63. The quantitative estimate of drug-likeness (QED) is 0.604. The summed E-state index contributed by atoms with van der Waals surface area (Å²) in [6.45, 7) is 4.17. The zero-order valence-corrected chi connectivity index (χ0v) is 11.6. The molecule has 0 spiro atoms. The van der Waals surface area contributed by atoms with Gasteiger partial charge in [0.2, 0.25) is 0 Å². The van der Waals surface area contributed by atoms with Crippen LogP contribution in [-0.2, 0) is 0 Å². The molecule has 0 saturated heterocycles. The predicted octanol–water partition coefficient (Wildman–Crippen LogP) is 4.57. The normalized spacial score (nSPS) is 10.9. The maximum atomic E-state index is 6.30. The van der Waals surface area contributed by atoms with E-state index in [0.717, 1.165) is 16.5 Å². The van der Waals surface area contributed by atoms with Gasteiger partial charge in [0, 0.05) is 17.1 Å². The van der Waals surface area contributed by atoms with Crippen LogP contribution < -0.4 is 0 Å². The highest BCUT2D eigenvalue weighted by Crippen LogP contribution is 2.31. The lowest BCUT2D eigenvalue weighted by molar-refractivity contribution is 1.28. The number of aromatic nitrogens is 2. The summed E-state index contributed by atoms with van der Waals surface area (Å²) in [6.07, 6.45) is 1.72. The van der Waals surface area contributed by atoms with E-state index in [0.29, 0.717) is 10.8 Å². The van der Waals surface area contributed by atoms with Gasteiger partial charge in [-0.2, -0.15) is 0 Å². The lowest BCUT2D eigenvalue weighted by Gasteiger charge is -2.09. The van der Waals surface area contributed by atoms with E-state index in [1.807, 2.05) is 12.1 Å². The Morgan fingerprint density at radius 1 is 1.00 bits per heavy atom. The molecule has 0 aliphatic rings. The zero-order chi connectivity index (χ0) is 13.4. The summed E-state index contributed by atoms with van der Waals surface area (Å²) in [7, 11) is 0. The SMILES string of the molecule is Cc1ccc(-c2cc3cccnc3nc2Cl)c(C)c1. The molecule has 0 amide bonds. The summed E-state index contributed by atoms with van der Waals surface area (Å²) < 4.78 is 0. The van der Waals surface area contributed by atoms with E-state index in [2.05, 4.69) is 48.1 Å². The zero-order valence-electron chi connectivity index (χ0n) is 10.8. The Morgan fingerprint density at radius 2 is 1.84 bits per heavy atom. The molecule has 3 aromatic rings. The van der Waals surface area contributed by atoms with Crippen LogP contribution in [0.25, 0.3) is 22.2 Å². The minimum Gasteiger partial charge on any atom is -0.237 e. The summed E-state index contributed by atoms with van der Waals surface area (Å²) >= 11 is 6.30. The Morgan fingerprint density at radius 3 is 2.63 bits per heavy atom. The van der Waals surface area contributed by atoms with Crippen LogP contribution in [0.2, 0.25) is 5.15 Å². The second-order valence-electron chi connectivity index (χ2n) is 4.70. The van der Waals surface area contributed by atoms with E-state index in [-0.39, 0.29) is 0 Å². The number of hydrogen-bond donors (Lipinski definition) is 0. The minimum atomic E-state index is 0.498. The van der Waals surface area contributed by atoms with E-state index in [1.54, 1.807) is 6.20 Å². The largest absolute Gasteiger partial charge is 0.237 e. The van der Waals surface area contributed by atoms with Crippen LogP contribution in [0.3, 0.4) is 0 Å². The number of rotatable bonds is 1. The number of pyridine rings is 2. The molecule has 94 valence electrons. The number of aryl methyl sites for hydroxylation is 2. The monoisotopic (exact) mass is 268 g/mol. The topological polar surface area (TPSA) is 25.8 Å². The van der Waals surface area contributed by atoms with Gasteiger partial charge in [-0.3, -0.25) is 0 Å². The fraction of sp³-hybridized carbons (Fsp3) is 0.125. The number of nitrogens with zero attached hydrogens (tertiary/aromatic N) is 2. The van der Waals surface area contributed by atoms with Crippen molar-refractivity contribution in [2.24, 2.45) is 0 Å². The molecule has 2 aromatic heterocycles. The molecular weight excluding hydrogens is 256 g/mol. The van der Waals surface area contributed by atoms with Gasteiger partial charge in [0.05, 0.1) is 0 Å². The summed E-state index contributed by atoms with van der Waals surface area (Å²) in [6, 6.07) is 12.3. The molecule has 19 heavy (non-hydrogen) atoms. The standard InChI is InChI=1S/C16H13ClN2/c1-10-5-6-13(11(2)8-10)14-9-12-4-3-7-18-16(12)19-15(14)17/h3-9H,1-2H3. The molecule has 2 nitrogen and oxygen atoms in total. The smallest absolute Gasteiger partial charge is 0.160 e. The molecule has 3 rings (SSSR count). The minimum absolute atomic E-state index is 0.498. The lowest BCUT2D eigenvalue weighted by atomic mass is 9.99. The van der Waals surface area contributed by atoms with Gasteiger partial charge in [0.25, 0.3) is 0 Å². The van der Waals surface area contributed by atoms with Crippen LogP contribution in [0.5, 0.6) is 0 Å². The maximum absolute atomic E-state index is 6.30. The van der Waals surface area contributed by atoms with Crippen LogP contribution in [0.15, 0.2) is 42.6 Å². The van der Waals surface area contributed by atoms with E-state index >= 15 is 0 Å². The summed E-state index contributed by atoms with van der Waals surface area (Å²) in [5.74, 6) is 0. The molecule has 0 N–H and O–H groups in total. The Hall–Kier alpha value is -1.93. The maximum Gasteiger partial charge on any atom is 0.160 e. The third kappa shape index (κ3) is 2.20. The van der Waals surface area contributed by atoms with Crippen molar-refractivity contribution in [3.8, 4) is 11.1 Å². The predicted molar refractivity (Wildman–Crippen MR) is 79.5 cm³/mol. The van der Waals surface area contributed by atoms with Crippen molar-refractivity contribution in [2.75, 3.05) is 0 Å². The molecular formula is C16H13ClN2. The Balaban J connectivity index is 2.27. The van der Waals surface area contributed by atoms with E-state index in [1.165, 1.54) is 11.1 Å². The average molecular weight is 269 g/mol. The molecule has 3 heteroatoms. The van der Waals surface area contributed by atoms with Crippen LogP contribution >= 0.6 is 11.6 Å². The third-order valence-electron chi connectivity index (χ3n) is 3.22. The number of fused-ring (bicyclic) bond motifs is 1. The van der Waals surface area contributed by atoms with Crippen molar-refractivity contribution in [1.82, 2.24) is 9.97 Å². The number of benzene rings is 1. The van der Waals surface area contributed by atoms with Gasteiger partial charge >= 0.3 is 0 Å². The molecule has 1 aromatic carbocycles. The molecule has 0 bridgehead atoms. The van der Waals surface area contributed by atoms with E-state index in [9.17, 15) is 0 Å². The van der Waals surface area contributed by atoms with Crippen LogP contribution in [0.4, 0.5) is 0 Å². The van der Waals surface area contributed by atoms with Crippen LogP contribution in [0, 0.1) is 13.8 Å². The van der Waals surface area contributed by atoms with Crippen molar-refractivity contribution < 1.29 is 0 Å². The molecule has 0 radical (unpaired) electrons. The molecule has 2 heterocycles. The Bertz CT molecular complexity index is 766. The van der Waals surface area contributed by atoms with Crippen molar-refractivity contribution in [2.45, 2.75) is 13.8 Å². The summed E-state index contributed by atoms with van der Waals surface area (Å²) in [5.41, 5.74) is 5.20. The van der Waals surface area contributed by atoms with Gasteiger partial charge in [-0.25, -0.2) is 9.97 Å². The molecule has 0 saturated carbocycles. The third-order valence-corrected chi connectivity index (χ3v) is 3.50. The second-order valence-corrected chi connectivity index (χ2v) is 5.05. The van der Waals surface area contributed by atoms with Gasteiger partial charge in [0.15, 0.2) is 5.65 Å². The van der Waals surface area contributed by atoms with Crippen molar-refractivity contribution in [3.05, 3.63) is 58.9 Å². The summed E-state index contributed by atoms with van der Waals surface area (Å²) in [5, 5.41) is 1.50. The fourth-order valence-electron chi connectivity index (χ4n) is 2.29. The van der Waals surface area contributed by atoms with Crippen LogP contribution in [-0.4, -0.2) is 9.97 Å². The molecule has 0 aliphatic heterocycles. The number of hydrogen-bond acceptors (Lipinski definition) is 2. The first kappa shape index (κ1) is 12.1. The summed E-state index contributed by atoms with van der Waals surface area (Å²) in [4.78, 5) is 8.59. The highest BCUT2D eigenvalue weighted by molar-refractivity contribution is 6.32. The fourth-order valence-corrected chi connectivity index (χ4v) is 2.52. The van der Waals surface area contributed by atoms with Crippen molar-refractivity contribution >= 4 is 22.6 Å².